The van der Waals surface area contributed by atoms with Gasteiger partial charge in [-0.1, -0.05) is 37.3 Å². The Morgan fingerprint density at radius 3 is 2.71 bits per heavy atom. The van der Waals surface area contributed by atoms with Crippen LogP contribution in [0.15, 0.2) is 29.2 Å². The second kappa shape index (κ2) is 6.64. The molecular formula is C14H19N3O2S2. The van der Waals surface area contributed by atoms with E-state index in [1.807, 2.05) is 6.07 Å². The minimum atomic E-state index is -3.21. The van der Waals surface area contributed by atoms with Gasteiger partial charge in [-0.05, 0) is 24.6 Å². The second-order valence-electron chi connectivity index (χ2n) is 5.33. The van der Waals surface area contributed by atoms with Crippen molar-refractivity contribution in [1.29, 1.82) is 0 Å². The molecule has 0 unspecified atom stereocenters. The molecule has 2 aromatic rings. The lowest BCUT2D eigenvalue weighted by Crippen LogP contribution is -2.18. The molecule has 0 amide bonds. The van der Waals surface area contributed by atoms with Crippen LogP contribution in [0.3, 0.4) is 0 Å². The van der Waals surface area contributed by atoms with Crippen molar-refractivity contribution in [2.75, 3.05) is 12.8 Å². The van der Waals surface area contributed by atoms with Gasteiger partial charge in [0.2, 0.25) is 0 Å². The average molecular weight is 325 g/mol. The normalized spacial score (nSPS) is 12.0. The summed E-state index contributed by atoms with van der Waals surface area (Å²) in [5, 5.41) is 13.2. The van der Waals surface area contributed by atoms with E-state index in [0.717, 1.165) is 22.1 Å². The van der Waals surface area contributed by atoms with Crippen LogP contribution in [0, 0.1) is 5.92 Å². The smallest absolute Gasteiger partial charge is 0.175 e. The Morgan fingerprint density at radius 2 is 2.05 bits per heavy atom. The molecule has 0 saturated carbocycles. The lowest BCUT2D eigenvalue weighted by Gasteiger charge is -2.04. The van der Waals surface area contributed by atoms with Gasteiger partial charge in [0.1, 0.15) is 10.0 Å². The molecule has 0 aliphatic heterocycles. The second-order valence-corrected chi connectivity index (χ2v) is 8.40. The van der Waals surface area contributed by atoms with Crippen molar-refractivity contribution < 1.29 is 8.42 Å². The molecule has 114 valence electrons. The van der Waals surface area contributed by atoms with Gasteiger partial charge >= 0.3 is 0 Å². The SMILES string of the molecule is CC(C)CNCc1nnc(-c2cccc(S(C)(=O)=O)c2)s1. The molecule has 0 aliphatic carbocycles. The first-order valence-corrected chi connectivity index (χ1v) is 9.40. The number of nitrogens with zero attached hydrogens (tertiary/aromatic N) is 2. The number of sulfone groups is 1. The third kappa shape index (κ3) is 4.59. The summed E-state index contributed by atoms with van der Waals surface area (Å²) < 4.78 is 23.2. The first-order chi connectivity index (χ1) is 9.86. The maximum absolute atomic E-state index is 11.6. The molecule has 5 nitrogen and oxygen atoms in total. The molecule has 0 saturated heterocycles. The van der Waals surface area contributed by atoms with Crippen molar-refractivity contribution in [2.24, 2.45) is 5.92 Å². The predicted molar refractivity (Wildman–Crippen MR) is 85.0 cm³/mol. The summed E-state index contributed by atoms with van der Waals surface area (Å²) in [4.78, 5) is 0.301. The van der Waals surface area contributed by atoms with Gasteiger partial charge in [-0.3, -0.25) is 0 Å². The van der Waals surface area contributed by atoms with Crippen LogP contribution in [-0.2, 0) is 16.4 Å². The first kappa shape index (κ1) is 16.1. The van der Waals surface area contributed by atoms with E-state index >= 15 is 0 Å². The van der Waals surface area contributed by atoms with Crippen molar-refractivity contribution in [3.63, 3.8) is 0 Å². The van der Waals surface area contributed by atoms with Crippen LogP contribution in [-0.4, -0.2) is 31.4 Å². The molecule has 0 aliphatic rings. The third-order valence-corrected chi connectivity index (χ3v) is 4.89. The highest BCUT2D eigenvalue weighted by molar-refractivity contribution is 7.90. The van der Waals surface area contributed by atoms with E-state index in [2.05, 4.69) is 29.4 Å². The van der Waals surface area contributed by atoms with Gasteiger partial charge in [0.05, 0.1) is 4.90 Å². The molecule has 0 spiro atoms. The van der Waals surface area contributed by atoms with Crippen LogP contribution in [0.5, 0.6) is 0 Å². The number of hydrogen-bond donors (Lipinski definition) is 1. The largest absolute Gasteiger partial charge is 0.310 e. The molecular weight excluding hydrogens is 306 g/mol. The Morgan fingerprint density at radius 1 is 1.29 bits per heavy atom. The molecule has 1 heterocycles. The zero-order valence-electron chi connectivity index (χ0n) is 12.3. The molecule has 1 N–H and O–H groups in total. The molecule has 0 bridgehead atoms. The fraction of sp³-hybridized carbons (Fsp3) is 0.429. The summed E-state index contributed by atoms with van der Waals surface area (Å²) in [5.41, 5.74) is 0.783. The van der Waals surface area contributed by atoms with Gasteiger partial charge in [0.25, 0.3) is 0 Å². The predicted octanol–water partition coefficient (Wildman–Crippen LogP) is 2.35. The maximum Gasteiger partial charge on any atom is 0.175 e. The molecule has 0 fully saturated rings. The first-order valence-electron chi connectivity index (χ1n) is 6.70. The maximum atomic E-state index is 11.6. The van der Waals surface area contributed by atoms with Gasteiger partial charge in [0.15, 0.2) is 9.84 Å². The lowest BCUT2D eigenvalue weighted by atomic mass is 10.2. The van der Waals surface area contributed by atoms with E-state index in [-0.39, 0.29) is 0 Å². The van der Waals surface area contributed by atoms with Gasteiger partial charge < -0.3 is 5.32 Å². The van der Waals surface area contributed by atoms with Gasteiger partial charge in [-0.25, -0.2) is 8.42 Å². The molecule has 0 radical (unpaired) electrons. The zero-order chi connectivity index (χ0) is 15.5. The number of hydrogen-bond acceptors (Lipinski definition) is 6. The van der Waals surface area contributed by atoms with Crippen LogP contribution in [0.4, 0.5) is 0 Å². The van der Waals surface area contributed by atoms with Gasteiger partial charge in [0, 0.05) is 18.4 Å². The third-order valence-electron chi connectivity index (χ3n) is 2.80. The average Bonchev–Trinajstić information content (AvgIpc) is 2.86. The van der Waals surface area contributed by atoms with Gasteiger partial charge in [-0.15, -0.1) is 10.2 Å². The van der Waals surface area contributed by atoms with Gasteiger partial charge in [-0.2, -0.15) is 0 Å². The summed E-state index contributed by atoms with van der Waals surface area (Å²) in [5.74, 6) is 0.587. The summed E-state index contributed by atoms with van der Waals surface area (Å²) >= 11 is 1.48. The highest BCUT2D eigenvalue weighted by Gasteiger charge is 2.11. The molecule has 2 rings (SSSR count). The zero-order valence-corrected chi connectivity index (χ0v) is 14.0. The monoisotopic (exact) mass is 325 g/mol. The number of aromatic nitrogens is 2. The van der Waals surface area contributed by atoms with Crippen molar-refractivity contribution in [1.82, 2.24) is 15.5 Å². The van der Waals surface area contributed by atoms with Crippen LogP contribution < -0.4 is 5.32 Å². The van der Waals surface area contributed by atoms with Crippen molar-refractivity contribution in [2.45, 2.75) is 25.3 Å². The fourth-order valence-corrected chi connectivity index (χ4v) is 3.24. The Kier molecular flexibility index (Phi) is 5.08. The molecule has 0 atom stereocenters. The Balaban J connectivity index is 2.14. The molecule has 7 heteroatoms. The van der Waals surface area contributed by atoms with E-state index in [1.165, 1.54) is 17.6 Å². The van der Waals surface area contributed by atoms with E-state index < -0.39 is 9.84 Å². The quantitative estimate of drug-likeness (QED) is 0.882. The Labute approximate surface area is 129 Å². The van der Waals surface area contributed by atoms with Crippen molar-refractivity contribution >= 4 is 21.2 Å². The highest BCUT2D eigenvalue weighted by Crippen LogP contribution is 2.25. The van der Waals surface area contributed by atoms with Crippen LogP contribution >= 0.6 is 11.3 Å². The summed E-state index contributed by atoms with van der Waals surface area (Å²) in [6, 6.07) is 6.80. The van der Waals surface area contributed by atoms with E-state index in [1.54, 1.807) is 18.2 Å². The number of rotatable bonds is 6. The standard InChI is InChI=1S/C14H19N3O2S2/c1-10(2)8-15-9-13-16-17-14(20-13)11-5-4-6-12(7-11)21(3,18)19/h4-7,10,15H,8-9H2,1-3H3. The van der Waals surface area contributed by atoms with Crippen LogP contribution in [0.25, 0.3) is 10.6 Å². The van der Waals surface area contributed by atoms with Crippen molar-refractivity contribution in [3.05, 3.63) is 29.3 Å². The fourth-order valence-electron chi connectivity index (χ4n) is 1.77. The lowest BCUT2D eigenvalue weighted by molar-refractivity contribution is 0.550. The molecule has 21 heavy (non-hydrogen) atoms. The summed E-state index contributed by atoms with van der Waals surface area (Å²) in [7, 11) is -3.21. The van der Waals surface area contributed by atoms with Crippen LogP contribution in [0.1, 0.15) is 18.9 Å². The number of benzene rings is 1. The Bertz CT molecular complexity index is 709. The van der Waals surface area contributed by atoms with E-state index in [4.69, 9.17) is 0 Å². The van der Waals surface area contributed by atoms with E-state index in [0.29, 0.717) is 17.4 Å². The summed E-state index contributed by atoms with van der Waals surface area (Å²) in [6.07, 6.45) is 1.20. The van der Waals surface area contributed by atoms with Crippen molar-refractivity contribution in [3.8, 4) is 10.6 Å². The topological polar surface area (TPSA) is 72.0 Å². The Hall–Kier alpha value is -1.31. The van der Waals surface area contributed by atoms with Crippen LogP contribution in [0.2, 0.25) is 0 Å². The number of nitrogens with one attached hydrogen (secondary N) is 1. The van der Waals surface area contributed by atoms with E-state index in [9.17, 15) is 8.42 Å². The minimum absolute atomic E-state index is 0.301. The summed E-state index contributed by atoms with van der Waals surface area (Å²) in [6.45, 7) is 5.91. The highest BCUT2D eigenvalue weighted by atomic mass is 32.2. The minimum Gasteiger partial charge on any atom is -0.310 e. The molecule has 1 aromatic heterocycles. The molecule has 1 aromatic carbocycles.